The number of hydrogen-bond donors (Lipinski definition) is 1. The largest absolute Gasteiger partial charge is 0.298 e. The van der Waals surface area contributed by atoms with Gasteiger partial charge in [-0.2, -0.15) is 0 Å². The van der Waals surface area contributed by atoms with Crippen LogP contribution in [-0.2, 0) is 5.33 Å². The Labute approximate surface area is 124 Å². The van der Waals surface area contributed by atoms with Gasteiger partial charge >= 0.3 is 0 Å². The fraction of sp³-hybridized carbons (Fsp3) is 0.286. The van der Waals surface area contributed by atoms with E-state index in [1.807, 2.05) is 29.6 Å². The van der Waals surface area contributed by atoms with Gasteiger partial charge in [-0.25, -0.2) is 4.98 Å². The van der Waals surface area contributed by atoms with Crippen molar-refractivity contribution in [1.29, 1.82) is 0 Å². The standard InChI is InChI=1S/C14H13BrN2OS/c15-7-9-1-3-11(4-2-9)13(18)17-14-16-12(8-19-14)10-5-6-10/h1-4,8,10H,5-7H2,(H,16,17,18). The van der Waals surface area contributed by atoms with E-state index < -0.39 is 0 Å². The lowest BCUT2D eigenvalue weighted by Gasteiger charge is -2.02. The minimum absolute atomic E-state index is 0.0992. The van der Waals surface area contributed by atoms with Crippen LogP contribution in [0.25, 0.3) is 0 Å². The van der Waals surface area contributed by atoms with Crippen LogP contribution in [0.1, 0.15) is 40.4 Å². The number of benzene rings is 1. The predicted octanol–water partition coefficient (Wildman–Crippen LogP) is 4.17. The van der Waals surface area contributed by atoms with E-state index in [-0.39, 0.29) is 5.91 Å². The summed E-state index contributed by atoms with van der Waals surface area (Å²) in [6.45, 7) is 0. The monoisotopic (exact) mass is 336 g/mol. The molecular formula is C14H13BrN2OS. The van der Waals surface area contributed by atoms with Gasteiger partial charge in [0.1, 0.15) is 0 Å². The van der Waals surface area contributed by atoms with E-state index in [1.54, 1.807) is 0 Å². The number of aromatic nitrogens is 1. The molecule has 1 fully saturated rings. The summed E-state index contributed by atoms with van der Waals surface area (Å²) in [5.74, 6) is 0.526. The third kappa shape index (κ3) is 3.04. The molecule has 1 aromatic carbocycles. The second-order valence-electron chi connectivity index (χ2n) is 4.64. The van der Waals surface area contributed by atoms with Crippen molar-refractivity contribution in [2.45, 2.75) is 24.1 Å². The lowest BCUT2D eigenvalue weighted by Crippen LogP contribution is -2.11. The zero-order valence-corrected chi connectivity index (χ0v) is 12.6. The van der Waals surface area contributed by atoms with Gasteiger partial charge < -0.3 is 0 Å². The minimum Gasteiger partial charge on any atom is -0.298 e. The zero-order valence-electron chi connectivity index (χ0n) is 10.2. The van der Waals surface area contributed by atoms with Crippen LogP contribution in [0.4, 0.5) is 5.13 Å². The topological polar surface area (TPSA) is 42.0 Å². The molecule has 1 heterocycles. The molecule has 0 saturated heterocycles. The first-order valence-corrected chi connectivity index (χ1v) is 8.18. The Kier molecular flexibility index (Phi) is 3.66. The molecule has 0 radical (unpaired) electrons. The SMILES string of the molecule is O=C(Nc1nc(C2CC2)cs1)c1ccc(CBr)cc1. The van der Waals surface area contributed by atoms with Gasteiger partial charge in [-0.3, -0.25) is 10.1 Å². The highest BCUT2D eigenvalue weighted by Gasteiger charge is 2.26. The van der Waals surface area contributed by atoms with Crippen molar-refractivity contribution in [1.82, 2.24) is 4.98 Å². The van der Waals surface area contributed by atoms with Crippen LogP contribution in [0.5, 0.6) is 0 Å². The van der Waals surface area contributed by atoms with Crippen molar-refractivity contribution in [2.24, 2.45) is 0 Å². The Balaban J connectivity index is 1.68. The average molecular weight is 337 g/mol. The van der Waals surface area contributed by atoms with Crippen LogP contribution < -0.4 is 5.32 Å². The minimum atomic E-state index is -0.0992. The number of anilines is 1. The highest BCUT2D eigenvalue weighted by atomic mass is 79.9. The first kappa shape index (κ1) is 12.8. The summed E-state index contributed by atoms with van der Waals surface area (Å²) in [7, 11) is 0. The number of carbonyl (C=O) groups excluding carboxylic acids is 1. The van der Waals surface area contributed by atoms with Gasteiger partial charge in [0.25, 0.3) is 5.91 Å². The zero-order chi connectivity index (χ0) is 13.2. The lowest BCUT2D eigenvalue weighted by molar-refractivity contribution is 0.102. The average Bonchev–Trinajstić information content (AvgIpc) is 3.20. The van der Waals surface area contributed by atoms with E-state index in [0.29, 0.717) is 16.6 Å². The third-order valence-electron chi connectivity index (χ3n) is 3.11. The summed E-state index contributed by atoms with van der Waals surface area (Å²) in [6.07, 6.45) is 2.45. The number of nitrogens with zero attached hydrogens (tertiary/aromatic N) is 1. The number of halogens is 1. The number of nitrogens with one attached hydrogen (secondary N) is 1. The number of rotatable bonds is 4. The van der Waals surface area contributed by atoms with Crippen molar-refractivity contribution < 1.29 is 4.79 Å². The maximum Gasteiger partial charge on any atom is 0.257 e. The Bertz CT molecular complexity index is 590. The molecule has 3 nitrogen and oxygen atoms in total. The Hall–Kier alpha value is -1.20. The second-order valence-corrected chi connectivity index (χ2v) is 6.06. The van der Waals surface area contributed by atoms with Crippen molar-refractivity contribution in [3.63, 3.8) is 0 Å². The summed E-state index contributed by atoms with van der Waals surface area (Å²) >= 11 is 4.88. The Morgan fingerprint density at radius 3 is 2.74 bits per heavy atom. The van der Waals surface area contributed by atoms with Gasteiger partial charge in [0.15, 0.2) is 5.13 Å². The predicted molar refractivity (Wildman–Crippen MR) is 81.1 cm³/mol. The first-order chi connectivity index (χ1) is 9.26. The lowest BCUT2D eigenvalue weighted by atomic mass is 10.1. The van der Waals surface area contributed by atoms with Gasteiger partial charge in [0.2, 0.25) is 0 Å². The van der Waals surface area contributed by atoms with E-state index >= 15 is 0 Å². The molecule has 1 aromatic heterocycles. The molecule has 1 aliphatic rings. The normalized spacial score (nSPS) is 14.4. The van der Waals surface area contributed by atoms with Gasteiger partial charge in [-0.1, -0.05) is 28.1 Å². The highest BCUT2D eigenvalue weighted by Crippen LogP contribution is 2.40. The molecule has 1 amide bonds. The molecule has 2 aromatic rings. The molecular weight excluding hydrogens is 324 g/mol. The van der Waals surface area contributed by atoms with Crippen LogP contribution in [-0.4, -0.2) is 10.9 Å². The molecule has 1 saturated carbocycles. The van der Waals surface area contributed by atoms with E-state index in [9.17, 15) is 4.79 Å². The maximum absolute atomic E-state index is 12.1. The van der Waals surface area contributed by atoms with Crippen molar-refractivity contribution >= 4 is 38.3 Å². The fourth-order valence-electron chi connectivity index (χ4n) is 1.82. The Morgan fingerprint density at radius 2 is 2.11 bits per heavy atom. The van der Waals surface area contributed by atoms with Crippen LogP contribution in [0.2, 0.25) is 0 Å². The molecule has 19 heavy (non-hydrogen) atoms. The molecule has 98 valence electrons. The number of thiazole rings is 1. The smallest absolute Gasteiger partial charge is 0.257 e. The van der Waals surface area contributed by atoms with Gasteiger partial charge in [0.05, 0.1) is 5.69 Å². The van der Waals surface area contributed by atoms with Crippen LogP contribution >= 0.6 is 27.3 Å². The number of alkyl halides is 1. The number of hydrogen-bond acceptors (Lipinski definition) is 3. The molecule has 0 aliphatic heterocycles. The molecule has 0 spiro atoms. The number of carbonyl (C=O) groups is 1. The fourth-order valence-corrected chi connectivity index (χ4v) is 2.99. The van der Waals surface area contributed by atoms with Gasteiger partial charge in [-0.05, 0) is 30.5 Å². The molecule has 3 rings (SSSR count). The summed E-state index contributed by atoms with van der Waals surface area (Å²) in [6, 6.07) is 7.56. The van der Waals surface area contributed by atoms with E-state index in [0.717, 1.165) is 16.6 Å². The van der Waals surface area contributed by atoms with Crippen molar-refractivity contribution in [3.05, 3.63) is 46.5 Å². The molecule has 5 heteroatoms. The molecule has 1 aliphatic carbocycles. The van der Waals surface area contributed by atoms with Gasteiger partial charge in [0, 0.05) is 22.2 Å². The summed E-state index contributed by atoms with van der Waals surface area (Å²) in [4.78, 5) is 16.5. The van der Waals surface area contributed by atoms with E-state index in [1.165, 1.54) is 24.2 Å². The molecule has 0 atom stereocenters. The van der Waals surface area contributed by atoms with Crippen LogP contribution in [0.3, 0.4) is 0 Å². The van der Waals surface area contributed by atoms with Crippen LogP contribution in [0.15, 0.2) is 29.6 Å². The molecule has 1 N–H and O–H groups in total. The third-order valence-corrected chi connectivity index (χ3v) is 4.53. The van der Waals surface area contributed by atoms with Gasteiger partial charge in [-0.15, -0.1) is 11.3 Å². The maximum atomic E-state index is 12.1. The van der Waals surface area contributed by atoms with Crippen molar-refractivity contribution in [3.8, 4) is 0 Å². The van der Waals surface area contributed by atoms with E-state index in [2.05, 4.69) is 26.2 Å². The quantitative estimate of drug-likeness (QED) is 0.851. The second kappa shape index (κ2) is 5.43. The summed E-state index contributed by atoms with van der Waals surface area (Å²) in [5, 5.41) is 6.39. The first-order valence-electron chi connectivity index (χ1n) is 6.18. The summed E-state index contributed by atoms with van der Waals surface area (Å²) in [5.41, 5.74) is 2.93. The molecule has 0 bridgehead atoms. The number of amides is 1. The Morgan fingerprint density at radius 1 is 1.37 bits per heavy atom. The summed E-state index contributed by atoms with van der Waals surface area (Å²) < 4.78 is 0. The molecule has 0 unspecified atom stereocenters. The highest BCUT2D eigenvalue weighted by molar-refractivity contribution is 9.08. The van der Waals surface area contributed by atoms with Crippen molar-refractivity contribution in [2.75, 3.05) is 5.32 Å². The van der Waals surface area contributed by atoms with Crippen LogP contribution in [0, 0.1) is 0 Å². The van der Waals surface area contributed by atoms with E-state index in [4.69, 9.17) is 0 Å².